The largest absolute Gasteiger partial charge is 0.365 e. The number of benzene rings is 1. The molecule has 0 amide bonds. The number of nitrogens with one attached hydrogen (secondary N) is 1. The summed E-state index contributed by atoms with van der Waals surface area (Å²) in [4.78, 5) is 19.5. The molecule has 5 nitrogen and oxygen atoms in total. The second-order valence-corrected chi connectivity index (χ2v) is 7.71. The quantitative estimate of drug-likeness (QED) is 0.716. The molecule has 0 aliphatic carbocycles. The first-order chi connectivity index (χ1) is 12.6. The summed E-state index contributed by atoms with van der Waals surface area (Å²) in [5.74, 6) is 1.08. The summed E-state index contributed by atoms with van der Waals surface area (Å²) in [5, 5.41) is 3.50. The first-order valence-electron chi connectivity index (χ1n) is 8.79. The van der Waals surface area contributed by atoms with Gasteiger partial charge in [-0.05, 0) is 53.0 Å². The molecule has 1 saturated heterocycles. The molecule has 134 valence electrons. The third kappa shape index (κ3) is 3.39. The second-order valence-electron chi connectivity index (χ2n) is 6.91. The van der Waals surface area contributed by atoms with Crippen LogP contribution < -0.4 is 10.9 Å². The Hall–Kier alpha value is -2.18. The van der Waals surface area contributed by atoms with Crippen molar-refractivity contribution in [3.05, 3.63) is 75.1 Å². The number of nitrogens with zero attached hydrogens (tertiary/aromatic N) is 3. The Morgan fingerprint density at radius 2 is 1.88 bits per heavy atom. The molecule has 3 heterocycles. The van der Waals surface area contributed by atoms with Crippen LogP contribution in [-0.4, -0.2) is 40.5 Å². The summed E-state index contributed by atoms with van der Waals surface area (Å²) in [7, 11) is 2.14. The minimum absolute atomic E-state index is 0.0955. The van der Waals surface area contributed by atoms with Crippen LogP contribution in [0.25, 0.3) is 5.65 Å². The Labute approximate surface area is 160 Å². The number of hydrogen-bond donors (Lipinski definition) is 1. The van der Waals surface area contributed by atoms with Gasteiger partial charge in [0.1, 0.15) is 15.9 Å². The van der Waals surface area contributed by atoms with Crippen LogP contribution in [0.2, 0.25) is 0 Å². The normalized spacial score (nSPS) is 21.0. The maximum Gasteiger partial charge on any atom is 0.274 e. The van der Waals surface area contributed by atoms with Crippen molar-refractivity contribution < 1.29 is 0 Å². The molecular formula is C20H21BrN4O. The van der Waals surface area contributed by atoms with Gasteiger partial charge in [0.25, 0.3) is 5.56 Å². The maximum absolute atomic E-state index is 12.6. The molecule has 1 fully saturated rings. The van der Waals surface area contributed by atoms with Gasteiger partial charge in [-0.3, -0.25) is 9.20 Å². The molecule has 2 aromatic heterocycles. The van der Waals surface area contributed by atoms with Crippen LogP contribution in [-0.2, 0) is 0 Å². The van der Waals surface area contributed by atoms with E-state index in [4.69, 9.17) is 0 Å². The van der Waals surface area contributed by atoms with Crippen LogP contribution in [0.15, 0.2) is 64.0 Å². The molecule has 1 aliphatic rings. The number of rotatable bonds is 3. The molecule has 1 N–H and O–H groups in total. The fourth-order valence-corrected chi connectivity index (χ4v) is 4.14. The monoisotopic (exact) mass is 412 g/mol. The molecule has 0 unspecified atom stereocenters. The van der Waals surface area contributed by atoms with Crippen LogP contribution in [0.3, 0.4) is 0 Å². The SMILES string of the molecule is CN1C[C@H](Nc2nc3ccccn3c(=O)c2Br)C[C@H](c2ccccc2)C1. The Bertz CT molecular complexity index is 972. The average Bonchev–Trinajstić information content (AvgIpc) is 2.66. The van der Waals surface area contributed by atoms with E-state index in [-0.39, 0.29) is 11.6 Å². The van der Waals surface area contributed by atoms with E-state index >= 15 is 0 Å². The van der Waals surface area contributed by atoms with Gasteiger partial charge in [-0.25, -0.2) is 4.98 Å². The van der Waals surface area contributed by atoms with Crippen LogP contribution in [0.4, 0.5) is 5.82 Å². The number of likely N-dealkylation sites (tertiary alicyclic amines) is 1. The lowest BCUT2D eigenvalue weighted by atomic mass is 9.88. The molecular weight excluding hydrogens is 392 g/mol. The van der Waals surface area contributed by atoms with Gasteiger partial charge in [-0.2, -0.15) is 0 Å². The van der Waals surface area contributed by atoms with E-state index in [1.165, 1.54) is 5.56 Å². The van der Waals surface area contributed by atoms with Gasteiger partial charge < -0.3 is 10.2 Å². The third-order valence-electron chi connectivity index (χ3n) is 4.92. The van der Waals surface area contributed by atoms with Crippen LogP contribution in [0.1, 0.15) is 17.9 Å². The number of fused-ring (bicyclic) bond motifs is 1. The van der Waals surface area contributed by atoms with Gasteiger partial charge in [0, 0.05) is 25.3 Å². The number of aromatic nitrogens is 2. The number of hydrogen-bond acceptors (Lipinski definition) is 4. The summed E-state index contributed by atoms with van der Waals surface area (Å²) < 4.78 is 2.03. The summed E-state index contributed by atoms with van der Waals surface area (Å²) in [6, 6.07) is 16.4. The van der Waals surface area contributed by atoms with Crippen LogP contribution in [0, 0.1) is 0 Å². The van der Waals surface area contributed by atoms with E-state index in [9.17, 15) is 4.79 Å². The first kappa shape index (κ1) is 17.2. The van der Waals surface area contributed by atoms with Gasteiger partial charge in [0.2, 0.25) is 0 Å². The van der Waals surface area contributed by atoms with Crippen LogP contribution >= 0.6 is 15.9 Å². The Morgan fingerprint density at radius 1 is 1.12 bits per heavy atom. The van der Waals surface area contributed by atoms with E-state index in [2.05, 4.69) is 68.5 Å². The summed E-state index contributed by atoms with van der Waals surface area (Å²) in [6.45, 7) is 1.96. The number of likely N-dealkylation sites (N-methyl/N-ethyl adjacent to an activating group) is 1. The molecule has 0 radical (unpaired) electrons. The van der Waals surface area contributed by atoms with E-state index in [1.807, 2.05) is 18.2 Å². The fourth-order valence-electron chi connectivity index (χ4n) is 3.75. The predicted molar refractivity (Wildman–Crippen MR) is 108 cm³/mol. The van der Waals surface area contributed by atoms with Crippen molar-refractivity contribution in [1.82, 2.24) is 14.3 Å². The van der Waals surface area contributed by atoms with Crippen molar-refractivity contribution in [2.24, 2.45) is 0 Å². The number of piperidine rings is 1. The first-order valence-corrected chi connectivity index (χ1v) is 9.58. The Morgan fingerprint density at radius 3 is 2.69 bits per heavy atom. The minimum atomic E-state index is -0.0955. The summed E-state index contributed by atoms with van der Waals surface area (Å²) in [6.07, 6.45) is 2.75. The minimum Gasteiger partial charge on any atom is -0.365 e. The average molecular weight is 413 g/mol. The summed E-state index contributed by atoms with van der Waals surface area (Å²) in [5.41, 5.74) is 1.91. The molecule has 4 rings (SSSR count). The molecule has 1 aromatic carbocycles. The second kappa shape index (κ2) is 7.21. The highest BCUT2D eigenvalue weighted by Crippen LogP contribution is 2.28. The van der Waals surface area contributed by atoms with E-state index in [1.54, 1.807) is 10.6 Å². The lowest BCUT2D eigenvalue weighted by molar-refractivity contribution is 0.235. The zero-order valence-corrected chi connectivity index (χ0v) is 16.2. The highest BCUT2D eigenvalue weighted by Gasteiger charge is 2.27. The van der Waals surface area contributed by atoms with Crippen molar-refractivity contribution in [1.29, 1.82) is 0 Å². The van der Waals surface area contributed by atoms with Gasteiger partial charge in [-0.15, -0.1) is 0 Å². The molecule has 3 aromatic rings. The smallest absolute Gasteiger partial charge is 0.274 e. The van der Waals surface area contributed by atoms with Crippen molar-refractivity contribution in [3.8, 4) is 0 Å². The number of anilines is 1. The Kier molecular flexibility index (Phi) is 4.78. The van der Waals surface area contributed by atoms with Crippen molar-refractivity contribution in [2.45, 2.75) is 18.4 Å². The van der Waals surface area contributed by atoms with E-state index in [0.29, 0.717) is 21.9 Å². The molecule has 0 spiro atoms. The number of halogens is 1. The molecule has 6 heteroatoms. The standard InChI is InChI=1S/C20H21BrN4O/c1-24-12-15(14-7-3-2-4-8-14)11-16(13-24)22-19-18(21)20(26)25-10-6-5-9-17(25)23-19/h2-10,15-16,22H,11-13H2,1H3/t15-,16+/m0/s1. The lowest BCUT2D eigenvalue weighted by Crippen LogP contribution is -2.43. The molecule has 0 bridgehead atoms. The zero-order valence-electron chi connectivity index (χ0n) is 14.6. The molecule has 0 saturated carbocycles. The number of pyridine rings is 1. The Balaban J connectivity index is 1.61. The topological polar surface area (TPSA) is 49.6 Å². The predicted octanol–water partition coefficient (Wildman–Crippen LogP) is 3.36. The van der Waals surface area contributed by atoms with Crippen molar-refractivity contribution >= 4 is 27.4 Å². The van der Waals surface area contributed by atoms with Gasteiger partial charge in [0.15, 0.2) is 0 Å². The van der Waals surface area contributed by atoms with Gasteiger partial charge in [0.05, 0.1) is 0 Å². The highest BCUT2D eigenvalue weighted by molar-refractivity contribution is 9.10. The fraction of sp³-hybridized carbons (Fsp3) is 0.300. The molecule has 2 atom stereocenters. The lowest BCUT2D eigenvalue weighted by Gasteiger charge is -2.36. The molecule has 1 aliphatic heterocycles. The van der Waals surface area contributed by atoms with Crippen molar-refractivity contribution in [2.75, 3.05) is 25.5 Å². The van der Waals surface area contributed by atoms with E-state index in [0.717, 1.165) is 19.5 Å². The third-order valence-corrected chi connectivity index (χ3v) is 5.64. The van der Waals surface area contributed by atoms with E-state index < -0.39 is 0 Å². The van der Waals surface area contributed by atoms with Gasteiger partial charge >= 0.3 is 0 Å². The highest BCUT2D eigenvalue weighted by atomic mass is 79.9. The molecule has 26 heavy (non-hydrogen) atoms. The summed E-state index contributed by atoms with van der Waals surface area (Å²) >= 11 is 3.43. The van der Waals surface area contributed by atoms with Gasteiger partial charge in [-0.1, -0.05) is 36.4 Å². The van der Waals surface area contributed by atoms with Crippen molar-refractivity contribution in [3.63, 3.8) is 0 Å². The van der Waals surface area contributed by atoms with Crippen LogP contribution in [0.5, 0.6) is 0 Å². The maximum atomic E-state index is 12.6. The zero-order chi connectivity index (χ0) is 18.1.